The van der Waals surface area contributed by atoms with Crippen LogP contribution in [0.5, 0.6) is 0 Å². The van der Waals surface area contributed by atoms with Gasteiger partial charge in [-0.05, 0) is 45.4 Å². The molecular formula is C14H22FN3O4S. The third kappa shape index (κ3) is 7.29. The Hall–Kier alpha value is -1.87. The molecule has 0 spiro atoms. The van der Waals surface area contributed by atoms with E-state index >= 15 is 0 Å². The van der Waals surface area contributed by atoms with Gasteiger partial charge in [0.1, 0.15) is 11.4 Å². The fourth-order valence-corrected chi connectivity index (χ4v) is 2.76. The summed E-state index contributed by atoms with van der Waals surface area (Å²) in [7, 11) is -3.85. The van der Waals surface area contributed by atoms with Gasteiger partial charge in [-0.1, -0.05) is 0 Å². The zero-order valence-corrected chi connectivity index (χ0v) is 14.2. The number of ether oxygens (including phenoxy) is 1. The first kappa shape index (κ1) is 19.2. The summed E-state index contributed by atoms with van der Waals surface area (Å²) in [5.41, 5.74) is 4.85. The Labute approximate surface area is 135 Å². The summed E-state index contributed by atoms with van der Waals surface area (Å²) < 4.78 is 44.5. The highest BCUT2D eigenvalue weighted by Gasteiger charge is 2.17. The van der Waals surface area contributed by atoms with E-state index in [1.54, 1.807) is 20.8 Å². The second-order valence-corrected chi connectivity index (χ2v) is 7.67. The molecule has 0 saturated heterocycles. The molecule has 23 heavy (non-hydrogen) atoms. The average Bonchev–Trinajstić information content (AvgIpc) is 2.34. The fraction of sp³-hybridized carbons (Fsp3) is 0.500. The lowest BCUT2D eigenvalue weighted by Crippen LogP contribution is -2.34. The number of carbonyl (C=O) groups excluding carboxylic acids is 1. The lowest BCUT2D eigenvalue weighted by molar-refractivity contribution is 0.0527. The highest BCUT2D eigenvalue weighted by atomic mass is 32.2. The molecular weight excluding hydrogens is 325 g/mol. The molecule has 0 fully saturated rings. The van der Waals surface area contributed by atoms with Gasteiger partial charge in [-0.3, -0.25) is 0 Å². The minimum Gasteiger partial charge on any atom is -0.444 e. The van der Waals surface area contributed by atoms with E-state index in [0.29, 0.717) is 6.42 Å². The van der Waals surface area contributed by atoms with Gasteiger partial charge in [-0.25, -0.2) is 22.3 Å². The number of amides is 1. The minimum atomic E-state index is -3.85. The van der Waals surface area contributed by atoms with Crippen molar-refractivity contribution in [2.75, 3.05) is 18.8 Å². The fourth-order valence-electron chi connectivity index (χ4n) is 1.62. The van der Waals surface area contributed by atoms with Gasteiger partial charge in [-0.15, -0.1) is 0 Å². The predicted octanol–water partition coefficient (Wildman–Crippen LogP) is 1.60. The molecule has 0 radical (unpaired) electrons. The van der Waals surface area contributed by atoms with E-state index in [1.807, 2.05) is 0 Å². The van der Waals surface area contributed by atoms with Gasteiger partial charge in [0.25, 0.3) is 0 Å². The quantitative estimate of drug-likeness (QED) is 0.535. The number of sulfonamides is 1. The van der Waals surface area contributed by atoms with Crippen molar-refractivity contribution in [3.63, 3.8) is 0 Å². The van der Waals surface area contributed by atoms with Crippen LogP contribution in [0, 0.1) is 5.82 Å². The van der Waals surface area contributed by atoms with Crippen LogP contribution >= 0.6 is 0 Å². The van der Waals surface area contributed by atoms with E-state index in [9.17, 15) is 17.6 Å². The van der Waals surface area contributed by atoms with E-state index in [-0.39, 0.29) is 23.7 Å². The van der Waals surface area contributed by atoms with Gasteiger partial charge in [0.2, 0.25) is 10.0 Å². The Morgan fingerprint density at radius 3 is 2.48 bits per heavy atom. The van der Waals surface area contributed by atoms with Crippen molar-refractivity contribution < 1.29 is 22.3 Å². The van der Waals surface area contributed by atoms with Crippen LogP contribution in [0.15, 0.2) is 23.1 Å². The number of halogens is 1. The van der Waals surface area contributed by atoms with Gasteiger partial charge >= 0.3 is 6.09 Å². The molecule has 0 saturated carbocycles. The van der Waals surface area contributed by atoms with Gasteiger partial charge in [0.15, 0.2) is 0 Å². The Morgan fingerprint density at radius 2 is 1.91 bits per heavy atom. The van der Waals surface area contributed by atoms with Gasteiger partial charge in [-0.2, -0.15) is 0 Å². The van der Waals surface area contributed by atoms with Crippen LogP contribution < -0.4 is 15.8 Å². The SMILES string of the molecule is CC(C)(C)OC(=O)NCCCNS(=O)(=O)c1cc(N)cc(F)c1. The molecule has 0 bridgehead atoms. The summed E-state index contributed by atoms with van der Waals surface area (Å²) in [5, 5.41) is 2.51. The molecule has 1 aromatic carbocycles. The van der Waals surface area contributed by atoms with Crippen molar-refractivity contribution >= 4 is 21.8 Å². The van der Waals surface area contributed by atoms with Crippen molar-refractivity contribution in [3.8, 4) is 0 Å². The number of nitrogens with one attached hydrogen (secondary N) is 2. The molecule has 1 aromatic rings. The Balaban J connectivity index is 2.42. The van der Waals surface area contributed by atoms with Crippen LogP contribution in [0.25, 0.3) is 0 Å². The molecule has 0 atom stereocenters. The monoisotopic (exact) mass is 347 g/mol. The van der Waals surface area contributed by atoms with Crippen LogP contribution in [-0.4, -0.2) is 33.2 Å². The average molecular weight is 347 g/mol. The van der Waals surface area contributed by atoms with Crippen LogP contribution in [-0.2, 0) is 14.8 Å². The molecule has 1 amide bonds. The van der Waals surface area contributed by atoms with Crippen LogP contribution in [0.1, 0.15) is 27.2 Å². The van der Waals surface area contributed by atoms with Crippen molar-refractivity contribution in [2.24, 2.45) is 0 Å². The van der Waals surface area contributed by atoms with Crippen molar-refractivity contribution in [2.45, 2.75) is 37.7 Å². The third-order valence-corrected chi connectivity index (χ3v) is 3.96. The van der Waals surface area contributed by atoms with Crippen molar-refractivity contribution in [3.05, 3.63) is 24.0 Å². The zero-order valence-electron chi connectivity index (χ0n) is 13.3. The summed E-state index contributed by atoms with van der Waals surface area (Å²) in [6.45, 7) is 5.54. The molecule has 9 heteroatoms. The maximum Gasteiger partial charge on any atom is 0.407 e. The summed E-state index contributed by atoms with van der Waals surface area (Å²) in [5.74, 6) is -0.725. The molecule has 7 nitrogen and oxygen atoms in total. The van der Waals surface area contributed by atoms with Crippen LogP contribution in [0.4, 0.5) is 14.9 Å². The molecule has 0 aliphatic heterocycles. The largest absolute Gasteiger partial charge is 0.444 e. The smallest absolute Gasteiger partial charge is 0.407 e. The van der Waals surface area contributed by atoms with Crippen LogP contribution in [0.2, 0.25) is 0 Å². The summed E-state index contributed by atoms with van der Waals surface area (Å²) in [4.78, 5) is 11.1. The number of rotatable bonds is 6. The summed E-state index contributed by atoms with van der Waals surface area (Å²) in [6, 6.07) is 3.09. The summed E-state index contributed by atoms with van der Waals surface area (Å²) >= 11 is 0. The number of nitrogen functional groups attached to an aromatic ring is 1. The molecule has 0 unspecified atom stereocenters. The van der Waals surface area contributed by atoms with E-state index < -0.39 is 27.5 Å². The molecule has 0 aliphatic carbocycles. The standard InChI is InChI=1S/C14H22FN3O4S/c1-14(2,3)22-13(19)17-5-4-6-18-23(20,21)12-8-10(15)7-11(16)9-12/h7-9,18H,4-6,16H2,1-3H3,(H,17,19). The third-order valence-electron chi connectivity index (χ3n) is 2.52. The molecule has 0 aliphatic rings. The Bertz CT molecular complexity index is 636. The first-order valence-corrected chi connectivity index (χ1v) is 8.50. The lowest BCUT2D eigenvalue weighted by Gasteiger charge is -2.19. The second-order valence-electron chi connectivity index (χ2n) is 5.90. The topological polar surface area (TPSA) is 111 Å². The van der Waals surface area contributed by atoms with E-state index in [2.05, 4.69) is 10.0 Å². The summed E-state index contributed by atoms with van der Waals surface area (Å²) in [6.07, 6.45) is -0.221. The molecule has 130 valence electrons. The van der Waals surface area contributed by atoms with E-state index in [0.717, 1.165) is 12.1 Å². The molecule has 4 N–H and O–H groups in total. The van der Waals surface area contributed by atoms with E-state index in [4.69, 9.17) is 10.5 Å². The van der Waals surface area contributed by atoms with Crippen LogP contribution in [0.3, 0.4) is 0 Å². The minimum absolute atomic E-state index is 0.0250. The van der Waals surface area contributed by atoms with Gasteiger partial charge < -0.3 is 15.8 Å². The second kappa shape index (κ2) is 7.60. The number of alkyl carbamates (subject to hydrolysis) is 1. The number of hydrogen-bond acceptors (Lipinski definition) is 5. The predicted molar refractivity (Wildman–Crippen MR) is 84.9 cm³/mol. The maximum atomic E-state index is 13.2. The number of carbonyl (C=O) groups is 1. The highest BCUT2D eigenvalue weighted by Crippen LogP contribution is 2.15. The number of nitrogens with two attached hydrogens (primary N) is 1. The molecule has 0 aromatic heterocycles. The lowest BCUT2D eigenvalue weighted by atomic mass is 10.2. The first-order valence-electron chi connectivity index (χ1n) is 7.02. The Kier molecular flexibility index (Phi) is 6.34. The molecule has 0 heterocycles. The van der Waals surface area contributed by atoms with E-state index in [1.165, 1.54) is 6.07 Å². The van der Waals surface area contributed by atoms with Crippen molar-refractivity contribution in [1.29, 1.82) is 0 Å². The Morgan fingerprint density at radius 1 is 1.26 bits per heavy atom. The maximum absolute atomic E-state index is 13.2. The zero-order chi connectivity index (χ0) is 17.7. The highest BCUT2D eigenvalue weighted by molar-refractivity contribution is 7.89. The molecule has 1 rings (SSSR count). The van der Waals surface area contributed by atoms with Gasteiger partial charge in [0, 0.05) is 18.8 Å². The first-order chi connectivity index (χ1) is 10.5. The number of benzene rings is 1. The normalized spacial score (nSPS) is 12.0. The van der Waals surface area contributed by atoms with Gasteiger partial charge in [0.05, 0.1) is 4.90 Å². The number of anilines is 1. The number of hydrogen-bond donors (Lipinski definition) is 3. The van der Waals surface area contributed by atoms with Crippen molar-refractivity contribution in [1.82, 2.24) is 10.0 Å².